The van der Waals surface area contributed by atoms with Gasteiger partial charge in [0.25, 0.3) is 0 Å². The predicted molar refractivity (Wildman–Crippen MR) is 138 cm³/mol. The molecular formula is C28H26N6O2. The largest absolute Gasteiger partial charge is 0.312 e. The Morgan fingerprint density at radius 3 is 2.53 bits per heavy atom. The molecular weight excluding hydrogens is 452 g/mol. The molecule has 2 aromatic carbocycles. The molecule has 8 nitrogen and oxygen atoms in total. The van der Waals surface area contributed by atoms with Crippen molar-refractivity contribution in [2.45, 2.75) is 34.1 Å². The van der Waals surface area contributed by atoms with Crippen LogP contribution < -0.4 is 10.2 Å². The van der Waals surface area contributed by atoms with Crippen LogP contribution in [0.5, 0.6) is 0 Å². The second kappa shape index (κ2) is 8.93. The zero-order valence-electron chi connectivity index (χ0n) is 20.7. The number of hydrogen-bond acceptors (Lipinski definition) is 5. The van der Waals surface area contributed by atoms with E-state index in [-0.39, 0.29) is 36.2 Å². The zero-order chi connectivity index (χ0) is 25.6. The average Bonchev–Trinajstić information content (AvgIpc) is 3.43. The summed E-state index contributed by atoms with van der Waals surface area (Å²) < 4.78 is 1.48. The molecule has 4 aromatic rings. The zero-order valence-corrected chi connectivity index (χ0v) is 20.7. The summed E-state index contributed by atoms with van der Waals surface area (Å²) in [6.45, 7) is 8.32. The SMILES string of the molecule is Cc1ccc(N2CC(C(=O)Nc3c(C#N)cnn3-c3cc(C)c4cc(C)cc(C)c4n3)CC2=O)cc1. The number of carbonyl (C=O) groups excluding carboxylic acids is 2. The van der Waals surface area contributed by atoms with Gasteiger partial charge in [-0.05, 0) is 63.1 Å². The molecule has 36 heavy (non-hydrogen) atoms. The molecule has 0 bridgehead atoms. The lowest BCUT2D eigenvalue weighted by molar-refractivity contribution is -0.122. The van der Waals surface area contributed by atoms with Gasteiger partial charge in [0, 0.05) is 24.0 Å². The lowest BCUT2D eigenvalue weighted by atomic mass is 10.0. The molecule has 8 heteroatoms. The molecule has 180 valence electrons. The minimum absolute atomic E-state index is 0.0988. The standard InChI is InChI=1S/C28H26N6O2/c1-16-5-7-22(8-6-16)33-15-20(12-25(33)35)28(36)32-27-21(13-29)14-30-34(27)24-11-18(3)23-10-17(2)9-19(4)26(23)31-24/h5-11,14,20H,12,15H2,1-4H3,(H,32,36). The van der Waals surface area contributed by atoms with Gasteiger partial charge in [0.1, 0.15) is 11.6 Å². The third kappa shape index (κ3) is 4.09. The van der Waals surface area contributed by atoms with Crippen LogP contribution >= 0.6 is 0 Å². The molecule has 2 aromatic heterocycles. The topological polar surface area (TPSA) is 104 Å². The number of aryl methyl sites for hydroxylation is 4. The summed E-state index contributed by atoms with van der Waals surface area (Å²) in [5, 5.41) is 17.9. The van der Waals surface area contributed by atoms with E-state index in [9.17, 15) is 14.9 Å². The maximum atomic E-state index is 13.3. The summed E-state index contributed by atoms with van der Waals surface area (Å²) in [6.07, 6.45) is 1.51. The molecule has 1 saturated heterocycles. The summed E-state index contributed by atoms with van der Waals surface area (Å²) in [5.41, 5.74) is 6.14. The Hall–Kier alpha value is -4.51. The maximum absolute atomic E-state index is 13.3. The molecule has 2 amide bonds. The highest BCUT2D eigenvalue weighted by atomic mass is 16.2. The molecule has 5 rings (SSSR count). The average molecular weight is 479 g/mol. The molecule has 1 N–H and O–H groups in total. The highest BCUT2D eigenvalue weighted by molar-refractivity contribution is 6.03. The number of anilines is 2. The van der Waals surface area contributed by atoms with E-state index in [1.165, 1.54) is 10.9 Å². The maximum Gasteiger partial charge on any atom is 0.231 e. The quantitative estimate of drug-likeness (QED) is 0.465. The van der Waals surface area contributed by atoms with Crippen molar-refractivity contribution in [2.75, 3.05) is 16.8 Å². The summed E-state index contributed by atoms with van der Waals surface area (Å²) in [4.78, 5) is 32.4. The summed E-state index contributed by atoms with van der Waals surface area (Å²) in [6, 6.07) is 15.8. The van der Waals surface area contributed by atoms with Crippen LogP contribution in [-0.4, -0.2) is 33.1 Å². The fourth-order valence-electron chi connectivity index (χ4n) is 4.74. The third-order valence-corrected chi connectivity index (χ3v) is 6.63. The number of nitrogens with one attached hydrogen (secondary N) is 1. The Morgan fingerprint density at radius 2 is 1.81 bits per heavy atom. The Bertz CT molecular complexity index is 1560. The normalized spacial score (nSPS) is 15.4. The van der Waals surface area contributed by atoms with E-state index in [0.717, 1.165) is 38.8 Å². The Labute approximate surface area is 209 Å². The first-order valence-corrected chi connectivity index (χ1v) is 11.8. The number of rotatable bonds is 4. The van der Waals surface area contributed by atoms with Gasteiger partial charge in [0.2, 0.25) is 11.8 Å². The molecule has 1 atom stereocenters. The third-order valence-electron chi connectivity index (χ3n) is 6.63. The highest BCUT2D eigenvalue weighted by Crippen LogP contribution is 2.29. The molecule has 1 aliphatic heterocycles. The number of carbonyl (C=O) groups is 2. The van der Waals surface area contributed by atoms with Gasteiger partial charge in [-0.2, -0.15) is 15.0 Å². The van der Waals surface area contributed by atoms with Gasteiger partial charge >= 0.3 is 0 Å². The van der Waals surface area contributed by atoms with E-state index in [1.807, 2.05) is 58.0 Å². The molecule has 3 heterocycles. The second-order valence-electron chi connectivity index (χ2n) is 9.44. The molecule has 0 aliphatic carbocycles. The Morgan fingerprint density at radius 1 is 1.06 bits per heavy atom. The number of fused-ring (bicyclic) bond motifs is 1. The predicted octanol–water partition coefficient (Wildman–Crippen LogP) is 4.52. The van der Waals surface area contributed by atoms with Crippen LogP contribution in [-0.2, 0) is 9.59 Å². The highest BCUT2D eigenvalue weighted by Gasteiger charge is 2.36. The van der Waals surface area contributed by atoms with E-state index in [1.54, 1.807) is 4.90 Å². The van der Waals surface area contributed by atoms with Gasteiger partial charge in [-0.25, -0.2) is 4.98 Å². The first-order valence-electron chi connectivity index (χ1n) is 11.8. The molecule has 0 spiro atoms. The molecule has 1 aliphatic rings. The second-order valence-corrected chi connectivity index (χ2v) is 9.44. The van der Waals surface area contributed by atoms with Crippen LogP contribution in [0.3, 0.4) is 0 Å². The molecule has 0 saturated carbocycles. The van der Waals surface area contributed by atoms with Crippen molar-refractivity contribution in [3.05, 3.63) is 76.5 Å². The smallest absolute Gasteiger partial charge is 0.231 e. The van der Waals surface area contributed by atoms with E-state index >= 15 is 0 Å². The van der Waals surface area contributed by atoms with Crippen molar-refractivity contribution in [3.63, 3.8) is 0 Å². The fraction of sp³-hybridized carbons (Fsp3) is 0.250. The van der Waals surface area contributed by atoms with Gasteiger partial charge in [-0.3, -0.25) is 9.59 Å². The number of nitriles is 1. The van der Waals surface area contributed by atoms with E-state index in [4.69, 9.17) is 4.98 Å². The van der Waals surface area contributed by atoms with Gasteiger partial charge < -0.3 is 10.2 Å². The van der Waals surface area contributed by atoms with Crippen molar-refractivity contribution < 1.29 is 9.59 Å². The number of hydrogen-bond donors (Lipinski definition) is 1. The summed E-state index contributed by atoms with van der Waals surface area (Å²) in [7, 11) is 0. The van der Waals surface area contributed by atoms with Crippen LogP contribution in [0.1, 0.15) is 34.2 Å². The fourth-order valence-corrected chi connectivity index (χ4v) is 4.74. The van der Waals surface area contributed by atoms with E-state index in [0.29, 0.717) is 5.82 Å². The van der Waals surface area contributed by atoms with Crippen LogP contribution in [0.4, 0.5) is 11.5 Å². The number of amides is 2. The monoisotopic (exact) mass is 478 g/mol. The molecule has 1 fully saturated rings. The molecule has 1 unspecified atom stereocenters. The van der Waals surface area contributed by atoms with Crippen molar-refractivity contribution in [2.24, 2.45) is 5.92 Å². The van der Waals surface area contributed by atoms with Gasteiger partial charge in [-0.1, -0.05) is 29.3 Å². The number of aromatic nitrogens is 3. The lowest BCUT2D eigenvalue weighted by Gasteiger charge is -2.17. The van der Waals surface area contributed by atoms with Crippen molar-refractivity contribution in [1.29, 1.82) is 5.26 Å². The van der Waals surface area contributed by atoms with Crippen molar-refractivity contribution >= 4 is 34.2 Å². The van der Waals surface area contributed by atoms with Crippen LogP contribution in [0.25, 0.3) is 16.7 Å². The van der Waals surface area contributed by atoms with Gasteiger partial charge in [0.05, 0.1) is 17.6 Å². The number of benzene rings is 2. The summed E-state index contributed by atoms with van der Waals surface area (Å²) >= 11 is 0. The van der Waals surface area contributed by atoms with Crippen LogP contribution in [0.2, 0.25) is 0 Å². The van der Waals surface area contributed by atoms with E-state index in [2.05, 4.69) is 28.6 Å². The minimum Gasteiger partial charge on any atom is -0.312 e. The Balaban J connectivity index is 1.45. The van der Waals surface area contributed by atoms with Crippen LogP contribution in [0, 0.1) is 44.9 Å². The lowest BCUT2D eigenvalue weighted by Crippen LogP contribution is -2.29. The Kier molecular flexibility index (Phi) is 5.77. The number of pyridine rings is 1. The summed E-state index contributed by atoms with van der Waals surface area (Å²) in [5.74, 6) is -0.233. The number of nitrogens with zero attached hydrogens (tertiary/aromatic N) is 5. The van der Waals surface area contributed by atoms with Gasteiger partial charge in [-0.15, -0.1) is 0 Å². The van der Waals surface area contributed by atoms with Crippen molar-refractivity contribution in [1.82, 2.24) is 14.8 Å². The first-order chi connectivity index (χ1) is 17.2. The molecule has 0 radical (unpaired) electrons. The van der Waals surface area contributed by atoms with Crippen LogP contribution in [0.15, 0.2) is 48.7 Å². The minimum atomic E-state index is -0.551. The van der Waals surface area contributed by atoms with Gasteiger partial charge in [0.15, 0.2) is 11.6 Å². The van der Waals surface area contributed by atoms with Crippen molar-refractivity contribution in [3.8, 4) is 11.9 Å². The van der Waals surface area contributed by atoms with E-state index < -0.39 is 5.92 Å². The first kappa shape index (κ1) is 23.2.